The van der Waals surface area contributed by atoms with Gasteiger partial charge in [-0.25, -0.2) is 4.99 Å². The number of quaternary nitrogens is 4. The number of carboxylic acids is 4. The summed E-state index contributed by atoms with van der Waals surface area (Å²) in [7, 11) is 24.3. The molecule has 4 aliphatic heterocycles. The Morgan fingerprint density at radius 2 is 0.912 bits per heavy atom. The van der Waals surface area contributed by atoms with Gasteiger partial charge in [0.2, 0.25) is 0 Å². The smallest absolute Gasteiger partial charge is 0.132 e. The van der Waals surface area contributed by atoms with Crippen LogP contribution < -0.4 is 43.7 Å². The van der Waals surface area contributed by atoms with Crippen molar-refractivity contribution >= 4 is 74.8 Å². The number of nitrogens with one attached hydrogen (secondary N) is 2. The van der Waals surface area contributed by atoms with E-state index in [2.05, 4.69) is 43.6 Å². The molecule has 412 valence electrons. The first-order chi connectivity index (χ1) is 37.4. The van der Waals surface area contributed by atoms with E-state index >= 15 is 0 Å². The van der Waals surface area contributed by atoms with E-state index in [-0.39, 0.29) is 33.8 Å². The molecule has 1 aromatic heterocycles. The number of benzene rings is 4. The van der Waals surface area contributed by atoms with E-state index in [1.807, 2.05) is 161 Å². The second-order valence-corrected chi connectivity index (χ2v) is 24.5. The Hall–Kier alpha value is -8.54. The lowest BCUT2D eigenvalue weighted by molar-refractivity contribution is -0.307. The summed E-state index contributed by atoms with van der Waals surface area (Å²) in [6, 6.07) is 33.2. The van der Waals surface area contributed by atoms with Gasteiger partial charge in [-0.1, -0.05) is 12.1 Å². The van der Waals surface area contributed by atoms with Gasteiger partial charge in [0.25, 0.3) is 0 Å². The van der Waals surface area contributed by atoms with Crippen molar-refractivity contribution in [3.8, 4) is 0 Å². The standard InChI is InChI=1S/C64H68N8O8/c1-69(2,3)43-21-13-38(14-22-43)58-49-29-30-51(65-49)59(39-15-23-44(24-16-39)70(4,5)6)53-33-41(34-54(73)74)62(67-53)64(37-57(79)80,42-19-27-46(28-20-42)72(10,11)12)63-48(36-56(77)78)47(35-55(75)76)61(68-63)60(52-32-31-50(58)66-52)40-17-25-45(26-18-40)71(7,8)9/h13-33,63H,34-37H2,1-12H3,(H2-4,65,66,67,68,73,74,75,76,77,78,79,80). The van der Waals surface area contributed by atoms with Crippen LogP contribution in [0.2, 0.25) is 0 Å². The van der Waals surface area contributed by atoms with Crippen molar-refractivity contribution < 1.29 is 39.6 Å². The van der Waals surface area contributed by atoms with Gasteiger partial charge >= 0.3 is 0 Å². The van der Waals surface area contributed by atoms with Crippen LogP contribution in [0.5, 0.6) is 0 Å². The van der Waals surface area contributed by atoms with Crippen LogP contribution >= 0.6 is 0 Å². The molecule has 8 bridgehead atoms. The van der Waals surface area contributed by atoms with E-state index in [1.54, 1.807) is 18.2 Å². The molecule has 0 amide bonds. The molecule has 0 fully saturated rings. The zero-order valence-electron chi connectivity index (χ0n) is 47.5. The molecule has 2 atom stereocenters. The van der Waals surface area contributed by atoms with Gasteiger partial charge < -0.3 is 49.9 Å². The molecule has 2 N–H and O–H groups in total. The maximum Gasteiger partial charge on any atom is 0.132 e. The van der Waals surface area contributed by atoms with Crippen molar-refractivity contribution in [2.24, 2.45) is 9.98 Å². The Bertz CT molecular complexity index is 3630. The first kappa shape index (κ1) is 56.2. The number of nitrogens with zero attached hydrogens (tertiary/aromatic N) is 6. The molecule has 4 aromatic carbocycles. The zero-order valence-corrected chi connectivity index (χ0v) is 47.5. The van der Waals surface area contributed by atoms with Gasteiger partial charge in [-0.15, -0.1) is 0 Å². The topological polar surface area (TPSA) is 213 Å². The van der Waals surface area contributed by atoms with E-state index in [1.165, 1.54) is 0 Å². The Morgan fingerprint density at radius 1 is 0.487 bits per heavy atom. The molecule has 2 unspecified atom stereocenters. The highest BCUT2D eigenvalue weighted by Crippen LogP contribution is 2.50. The number of carbonyl (C=O) groups is 4. The first-order valence-corrected chi connectivity index (χ1v) is 26.4. The predicted molar refractivity (Wildman–Crippen MR) is 310 cm³/mol. The second-order valence-electron chi connectivity index (χ2n) is 24.5. The van der Waals surface area contributed by atoms with Crippen molar-refractivity contribution in [3.05, 3.63) is 195 Å². The minimum absolute atomic E-state index is 0.00375. The number of rotatable bonds is 16. The van der Waals surface area contributed by atoms with Crippen molar-refractivity contribution in [1.82, 2.24) is 28.2 Å². The quantitative estimate of drug-likeness (QED) is 0.137. The van der Waals surface area contributed by atoms with E-state index in [9.17, 15) is 39.6 Å². The number of hydrogen-bond acceptors (Lipinski definition) is 11. The summed E-state index contributed by atoms with van der Waals surface area (Å²) in [5.41, 5.74) is 8.24. The molecule has 16 heteroatoms. The van der Waals surface area contributed by atoms with E-state index in [0.717, 1.165) is 28.3 Å². The number of aromatic nitrogens is 1. The zero-order chi connectivity index (χ0) is 58.0. The van der Waals surface area contributed by atoms with Crippen LogP contribution in [0.1, 0.15) is 59.3 Å². The summed E-state index contributed by atoms with van der Waals surface area (Å²) in [5.74, 6) is -6.21. The maximum atomic E-state index is 13.9. The van der Waals surface area contributed by atoms with Crippen molar-refractivity contribution in [1.29, 1.82) is 0 Å². The molecular weight excluding hydrogens is 1010 g/mol. The molecule has 4 aliphatic rings. The Kier molecular flexibility index (Phi) is 14.5. The highest BCUT2D eigenvalue weighted by molar-refractivity contribution is 6.32. The molecule has 0 spiro atoms. The number of aliphatic imine (C=N–C) groups is 2. The fraction of sp³-hybridized carbons (Fsp3) is 0.281. The van der Waals surface area contributed by atoms with Gasteiger partial charge in [0.1, 0.15) is 22.7 Å². The summed E-state index contributed by atoms with van der Waals surface area (Å²) in [4.78, 5) is 68.4. The average molecular weight is 1080 g/mol. The third kappa shape index (κ3) is 10.9. The largest absolute Gasteiger partial charge is 0.550 e. The molecule has 0 saturated heterocycles. The minimum atomic E-state index is -2.06. The van der Waals surface area contributed by atoms with Crippen LogP contribution in [-0.2, 0) is 24.6 Å². The molecule has 5 heterocycles. The number of aromatic amines is 1. The van der Waals surface area contributed by atoms with Gasteiger partial charge in [0, 0.05) is 83.4 Å². The van der Waals surface area contributed by atoms with Crippen LogP contribution in [0, 0.1) is 0 Å². The third-order valence-corrected chi connectivity index (χ3v) is 15.3. The summed E-state index contributed by atoms with van der Waals surface area (Å²) in [6.45, 7) is 0. The highest BCUT2D eigenvalue weighted by Gasteiger charge is 2.53. The Morgan fingerprint density at radius 3 is 1.34 bits per heavy atom. The SMILES string of the molecule is C[N+](C)(C)c1ccc(/C2=C3/NC(C(CC(=O)[O-])=C3CC(=O)[O-])C(CC(=O)[O-])(c3ccc([N+](C)(C)C)cc3)C3=N/C(=C(/c4ccc([N+](C)(C)C)cc4)c4ccc([nH]4)/C(c4ccc([N+](C)(C)C)cc4)=C4/C=CC2=N4)C=C3CC(=O)[O-])cc1. The fourth-order valence-corrected chi connectivity index (χ4v) is 11.3. The van der Waals surface area contributed by atoms with Crippen molar-refractivity contribution in [2.75, 3.05) is 84.6 Å². The molecular formula is C64H68N8O8. The summed E-state index contributed by atoms with van der Waals surface area (Å²) >= 11 is 0. The number of carbonyl (C=O) groups excluding carboxylic acids is 4. The normalized spacial score (nSPS) is 21.3. The lowest BCUT2D eigenvalue weighted by Crippen LogP contribution is -2.56. The molecule has 80 heavy (non-hydrogen) atoms. The lowest BCUT2D eigenvalue weighted by atomic mass is 9.64. The van der Waals surface area contributed by atoms with Crippen LogP contribution in [-0.4, -0.2) is 131 Å². The van der Waals surface area contributed by atoms with Gasteiger partial charge in [0.05, 0.1) is 119 Å². The predicted octanol–water partition coefficient (Wildman–Crippen LogP) is 3.90. The molecule has 0 saturated carbocycles. The van der Waals surface area contributed by atoms with Gasteiger partial charge in [-0.2, -0.15) is 0 Å². The second kappa shape index (κ2) is 20.6. The Balaban J connectivity index is 1.50. The monoisotopic (exact) mass is 1080 g/mol. The number of aliphatic carboxylic acids is 4. The number of H-pyrrole nitrogens is 1. The van der Waals surface area contributed by atoms with Crippen molar-refractivity contribution in [2.45, 2.75) is 37.1 Å². The molecule has 0 radical (unpaired) electrons. The third-order valence-electron chi connectivity index (χ3n) is 15.3. The lowest BCUT2D eigenvalue weighted by Gasteiger charge is -2.43. The summed E-state index contributed by atoms with van der Waals surface area (Å²) in [5, 5.41) is 57.4. The molecule has 16 nitrogen and oxygen atoms in total. The van der Waals surface area contributed by atoms with E-state index in [0.29, 0.717) is 74.1 Å². The Labute approximate surface area is 467 Å². The maximum absolute atomic E-state index is 13.9. The molecule has 9 rings (SSSR count). The fourth-order valence-electron chi connectivity index (χ4n) is 11.3. The minimum Gasteiger partial charge on any atom is -0.550 e. The number of fused-ring (bicyclic) bond motifs is 6. The number of hydrogen-bond donors (Lipinski definition) is 2. The number of carboxylic acid groups (broad SMARTS) is 4. The number of allylic oxidation sites excluding steroid dienone is 5. The van der Waals surface area contributed by atoms with Crippen molar-refractivity contribution in [3.63, 3.8) is 0 Å². The van der Waals surface area contributed by atoms with Crippen LogP contribution in [0.4, 0.5) is 22.7 Å². The van der Waals surface area contributed by atoms with Crippen LogP contribution in [0.3, 0.4) is 0 Å². The molecule has 5 aromatic rings. The first-order valence-electron chi connectivity index (χ1n) is 26.4. The van der Waals surface area contributed by atoms with E-state index in [4.69, 9.17) is 9.98 Å². The van der Waals surface area contributed by atoms with Gasteiger partial charge in [0.15, 0.2) is 0 Å². The molecule has 0 aliphatic carbocycles. The average Bonchev–Trinajstić information content (AvgIpc) is 4.34. The van der Waals surface area contributed by atoms with Crippen LogP contribution in [0.15, 0.2) is 171 Å². The van der Waals surface area contributed by atoms with Crippen LogP contribution in [0.25, 0.3) is 16.7 Å². The summed E-state index contributed by atoms with van der Waals surface area (Å²) in [6.07, 6.45) is 1.97. The van der Waals surface area contributed by atoms with Gasteiger partial charge in [-0.3, -0.25) is 22.9 Å². The van der Waals surface area contributed by atoms with Gasteiger partial charge in [-0.05, 0) is 154 Å². The summed E-state index contributed by atoms with van der Waals surface area (Å²) < 4.78 is 1.89. The van der Waals surface area contributed by atoms with E-state index < -0.39 is 61.0 Å². The highest BCUT2D eigenvalue weighted by atomic mass is 16.4.